The van der Waals surface area contributed by atoms with E-state index in [0.29, 0.717) is 40.4 Å². The predicted octanol–water partition coefficient (Wildman–Crippen LogP) is 16.8. The molecule has 0 radical (unpaired) electrons. The fraction of sp³-hybridized carbons (Fsp3) is 0.0862. The van der Waals surface area contributed by atoms with Crippen LogP contribution in [0, 0.1) is 3.95 Å². The number of nitrogens with zero attached hydrogens (tertiary/aromatic N) is 2. The van der Waals surface area contributed by atoms with Gasteiger partial charge in [0.2, 0.25) is 16.8 Å². The lowest BCUT2D eigenvalue weighted by molar-refractivity contribution is -0.136. The van der Waals surface area contributed by atoms with Crippen molar-refractivity contribution in [2.24, 2.45) is 5.10 Å². The summed E-state index contributed by atoms with van der Waals surface area (Å²) in [6.45, 7) is 1.10. The number of thiazole rings is 1. The lowest BCUT2D eigenvalue weighted by Crippen LogP contribution is -2.25. The van der Waals surface area contributed by atoms with Crippen molar-refractivity contribution in [3.05, 3.63) is 259 Å². The average molecular weight is 1240 g/mol. The number of thiol groups is 1. The summed E-state index contributed by atoms with van der Waals surface area (Å²) < 4.78 is 38.6. The minimum absolute atomic E-state index is 0.00882. The Morgan fingerprint density at radius 2 is 1.08 bits per heavy atom. The molecule has 0 atom stereocenters. The Morgan fingerprint density at radius 3 is 1.54 bits per heavy atom. The number of ether oxygens (including phenoxy) is 2. The number of hydrogen-bond donors (Lipinski definition) is 4. The second-order valence-corrected chi connectivity index (χ2v) is 23.3. The van der Waals surface area contributed by atoms with Crippen LogP contribution in [0.5, 0.6) is 11.5 Å². The number of aromatic nitrogens is 1. The van der Waals surface area contributed by atoms with Crippen LogP contribution in [0.1, 0.15) is 11.1 Å². The van der Waals surface area contributed by atoms with Crippen LogP contribution in [0.3, 0.4) is 0 Å². The maximum absolute atomic E-state index is 11.4. The van der Waals surface area contributed by atoms with Crippen molar-refractivity contribution in [3.8, 4) is 22.8 Å². The van der Waals surface area contributed by atoms with Crippen LogP contribution in [-0.2, 0) is 21.4 Å². The van der Waals surface area contributed by atoms with E-state index in [4.69, 9.17) is 73.2 Å². The lowest BCUT2D eigenvalue weighted by Gasteiger charge is -2.08. The molecule has 0 amide bonds. The van der Waals surface area contributed by atoms with E-state index in [0.717, 1.165) is 36.4 Å². The van der Waals surface area contributed by atoms with E-state index in [1.54, 1.807) is 100 Å². The smallest absolute Gasteiger partial charge is 0.317 e. The second-order valence-electron chi connectivity index (χ2n) is 15.5. The number of hydrogen-bond acceptors (Lipinski definition) is 12. The summed E-state index contributed by atoms with van der Waals surface area (Å²) in [5, 5.41) is 20.6. The van der Waals surface area contributed by atoms with Gasteiger partial charge in [0.15, 0.2) is 3.95 Å². The van der Waals surface area contributed by atoms with Gasteiger partial charge in [-0.2, -0.15) is 17.7 Å². The fourth-order valence-electron chi connectivity index (χ4n) is 5.95. The van der Waals surface area contributed by atoms with Crippen LogP contribution in [0.25, 0.3) is 11.3 Å². The van der Waals surface area contributed by atoms with Gasteiger partial charge in [0.1, 0.15) is 11.5 Å². The van der Waals surface area contributed by atoms with Crippen LogP contribution in [-0.4, -0.2) is 56.0 Å². The third-order valence-electron chi connectivity index (χ3n) is 9.71. The normalized spacial score (nSPS) is 10.5. The topological polar surface area (TPSA) is 131 Å². The minimum Gasteiger partial charge on any atom is -0.480 e. The van der Waals surface area contributed by atoms with Crippen molar-refractivity contribution in [3.63, 3.8) is 0 Å². The number of benzene rings is 8. The van der Waals surface area contributed by atoms with Crippen LogP contribution in [0.2, 0.25) is 20.1 Å². The summed E-state index contributed by atoms with van der Waals surface area (Å²) in [4.78, 5) is 12.8. The van der Waals surface area contributed by atoms with E-state index in [1.165, 1.54) is 21.1 Å². The zero-order valence-corrected chi connectivity index (χ0v) is 49.4. The molecule has 9 rings (SSSR count). The molecule has 0 bridgehead atoms. The first-order valence-electron chi connectivity index (χ1n) is 23.4. The summed E-state index contributed by atoms with van der Waals surface area (Å²) in [5.41, 5.74) is 4.29. The largest absolute Gasteiger partial charge is 0.480 e. The standard InChI is InChI=1S/C16H12N2S2.C13H10Cl2O2.C12H8Cl2S2.C9H11NO2.C8H11NO2S2/c19-16-18(17-11-13-7-3-1-4-8-13)15(12-20-16)14-9-5-2-6-10-14;14-10-1-5-12(6-2-10)16-9-17-13-7-3-11(15)4-8-13;13-9-1-5-11(6-2-9)15-16-12-7-3-10(14)4-8-12;11-9(12)7-10-6-8-4-2-1-3-5-8;10-13(11,9-6-7-12)8-4-2-1-3-5-8/h1-12H;1-8H,9H2;1-8H;1-5,10H,6-7H2,(H,11,12);1-5,9,12H,6-7H2. The van der Waals surface area contributed by atoms with Gasteiger partial charge in [0.05, 0.1) is 23.3 Å². The van der Waals surface area contributed by atoms with Crippen molar-refractivity contribution in [2.45, 2.75) is 21.2 Å². The zero-order valence-electron chi connectivity index (χ0n) is 41.4. The monoisotopic (exact) mass is 1230 g/mol. The Balaban J connectivity index is 0.000000182. The molecule has 1 aromatic heterocycles. The summed E-state index contributed by atoms with van der Waals surface area (Å²) in [6.07, 6.45) is 1.83. The Hall–Kier alpha value is -5.57. The van der Waals surface area contributed by atoms with Gasteiger partial charge < -0.3 is 19.9 Å². The Bertz CT molecular complexity index is 3230. The molecule has 1 heterocycles. The van der Waals surface area contributed by atoms with Gasteiger partial charge in [-0.3, -0.25) is 4.79 Å². The molecule has 0 fully saturated rings. The van der Waals surface area contributed by atoms with Gasteiger partial charge >= 0.3 is 5.97 Å². The number of carbonyl (C=O) groups is 1. The molecule has 0 aliphatic rings. The van der Waals surface area contributed by atoms with E-state index in [1.807, 2.05) is 144 Å². The maximum Gasteiger partial charge on any atom is 0.317 e. The Morgan fingerprint density at radius 1 is 0.641 bits per heavy atom. The number of sulfonamides is 1. The molecular formula is C58H52Cl4N4O6S6. The summed E-state index contributed by atoms with van der Waals surface area (Å²) >= 11 is 33.9. The molecule has 0 aliphatic carbocycles. The number of carboxylic acids is 1. The van der Waals surface area contributed by atoms with Gasteiger partial charge in [-0.1, -0.05) is 177 Å². The fourth-order valence-corrected chi connectivity index (χ4v) is 10.7. The summed E-state index contributed by atoms with van der Waals surface area (Å²) in [7, 11) is 0.0847. The van der Waals surface area contributed by atoms with Gasteiger partial charge in [-0.25, -0.2) is 17.8 Å². The first-order valence-corrected chi connectivity index (χ1v) is 30.4. The molecule has 8 aromatic carbocycles. The Kier molecular flexibility index (Phi) is 29.1. The first kappa shape index (κ1) is 63.3. The number of nitrogens with one attached hydrogen (secondary N) is 2. The van der Waals surface area contributed by atoms with Crippen molar-refractivity contribution >= 4 is 126 Å². The van der Waals surface area contributed by atoms with E-state index in [-0.39, 0.29) is 18.2 Å². The van der Waals surface area contributed by atoms with Crippen LogP contribution >= 0.6 is 104 Å². The molecule has 0 unspecified atom stereocenters. The van der Waals surface area contributed by atoms with Crippen LogP contribution in [0.4, 0.5) is 0 Å². The number of rotatable bonds is 18. The van der Waals surface area contributed by atoms with E-state index in [9.17, 15) is 13.2 Å². The molecule has 404 valence electrons. The quantitative estimate of drug-likeness (QED) is 0.0217. The highest BCUT2D eigenvalue weighted by molar-refractivity contribution is 8.76. The molecule has 78 heavy (non-hydrogen) atoms. The molecule has 10 nitrogen and oxygen atoms in total. The molecule has 9 aromatic rings. The van der Waals surface area contributed by atoms with Crippen molar-refractivity contribution in [1.82, 2.24) is 14.7 Å². The zero-order chi connectivity index (χ0) is 55.8. The second kappa shape index (κ2) is 35.8. The highest BCUT2D eigenvalue weighted by atomic mass is 35.5. The van der Waals surface area contributed by atoms with Crippen molar-refractivity contribution in [1.29, 1.82) is 0 Å². The maximum atomic E-state index is 11.4. The van der Waals surface area contributed by atoms with E-state index in [2.05, 4.69) is 39.9 Å². The third-order valence-corrected chi connectivity index (χ3v) is 16.0. The van der Waals surface area contributed by atoms with Crippen molar-refractivity contribution < 1.29 is 27.8 Å². The highest BCUT2D eigenvalue weighted by Gasteiger charge is 2.11. The Labute approximate surface area is 498 Å². The molecule has 0 saturated carbocycles. The number of carboxylic acid groups (broad SMARTS) is 1. The average Bonchev–Trinajstić information content (AvgIpc) is 3.85. The number of aliphatic carboxylic acids is 1. The molecule has 3 N–H and O–H groups in total. The van der Waals surface area contributed by atoms with E-state index < -0.39 is 16.0 Å². The SMILES string of the molecule is Clc1ccc(OCOc2ccc(Cl)cc2)cc1.Clc1ccc(SSc2ccc(Cl)cc2)cc1.O=C(O)CNCc1ccccc1.O=S(=O)(NCCS)c1ccccc1.S=c1scc(-c2ccccc2)n1N=Cc1ccccc1. The van der Waals surface area contributed by atoms with Gasteiger partial charge in [-0.15, -0.1) is 11.3 Å². The lowest BCUT2D eigenvalue weighted by atomic mass is 10.2. The summed E-state index contributed by atoms with van der Waals surface area (Å²) in [5.74, 6) is 1.09. The first-order chi connectivity index (χ1) is 37.8. The predicted molar refractivity (Wildman–Crippen MR) is 333 cm³/mol. The third kappa shape index (κ3) is 25.0. The number of halogens is 4. The highest BCUT2D eigenvalue weighted by Crippen LogP contribution is 2.38. The molecule has 0 saturated heterocycles. The van der Waals surface area contributed by atoms with Gasteiger partial charge in [-0.05, 0) is 133 Å². The van der Waals surface area contributed by atoms with Crippen molar-refractivity contribution in [2.75, 3.05) is 25.6 Å². The molecule has 20 heteroatoms. The molecule has 0 spiro atoms. The molecule has 0 aliphatic heterocycles. The van der Waals surface area contributed by atoms with Crippen LogP contribution < -0.4 is 19.5 Å². The van der Waals surface area contributed by atoms with Crippen LogP contribution in [0.15, 0.2) is 244 Å². The van der Waals surface area contributed by atoms with Gasteiger partial charge in [0.25, 0.3) is 0 Å². The van der Waals surface area contributed by atoms with Gasteiger partial charge in [0, 0.05) is 59.7 Å². The summed E-state index contributed by atoms with van der Waals surface area (Å²) in [6, 6.07) is 67.9. The minimum atomic E-state index is -3.32. The van der Waals surface area contributed by atoms with E-state index >= 15 is 0 Å². The molecular weight excluding hydrogens is 1180 g/mol.